The number of nitrogens with one attached hydrogen (secondary N) is 1. The van der Waals surface area contributed by atoms with Gasteiger partial charge in [0.25, 0.3) is 5.91 Å². The number of piperidine rings is 1. The van der Waals surface area contributed by atoms with E-state index in [-0.39, 0.29) is 11.9 Å². The van der Waals surface area contributed by atoms with Crippen molar-refractivity contribution in [2.75, 3.05) is 18.0 Å². The summed E-state index contributed by atoms with van der Waals surface area (Å²) in [5.74, 6) is 0.673. The lowest BCUT2D eigenvalue weighted by Gasteiger charge is -2.35. The lowest BCUT2D eigenvalue weighted by Crippen LogP contribution is -2.48. The van der Waals surface area contributed by atoms with Crippen LogP contribution in [0.15, 0.2) is 18.5 Å². The molecule has 7 nitrogen and oxygen atoms in total. The van der Waals surface area contributed by atoms with Crippen molar-refractivity contribution in [1.82, 2.24) is 20.1 Å². The molecule has 2 aliphatic rings. The van der Waals surface area contributed by atoms with Crippen LogP contribution >= 0.6 is 0 Å². The second kappa shape index (κ2) is 7.39. The summed E-state index contributed by atoms with van der Waals surface area (Å²) in [7, 11) is 1.80. The van der Waals surface area contributed by atoms with Gasteiger partial charge in [-0.2, -0.15) is 10.4 Å². The van der Waals surface area contributed by atoms with Crippen LogP contribution in [0.1, 0.15) is 52.9 Å². The van der Waals surface area contributed by atoms with Gasteiger partial charge in [-0.3, -0.25) is 9.48 Å². The second-order valence-electron chi connectivity index (χ2n) is 7.45. The zero-order valence-electron chi connectivity index (χ0n) is 15.6. The number of carbonyl (C=O) groups excluding carboxylic acids is 1. The minimum Gasteiger partial charge on any atom is -0.353 e. The molecule has 0 saturated carbocycles. The van der Waals surface area contributed by atoms with Crippen LogP contribution in [0.5, 0.6) is 0 Å². The van der Waals surface area contributed by atoms with Crippen molar-refractivity contribution in [3.63, 3.8) is 0 Å². The molecule has 140 valence electrons. The van der Waals surface area contributed by atoms with Crippen molar-refractivity contribution >= 4 is 11.7 Å². The Hall–Kier alpha value is -2.88. The number of fused-ring (bicyclic) bond motifs is 1. The number of anilines is 1. The number of pyridine rings is 1. The molecule has 1 fully saturated rings. The Morgan fingerprint density at radius 3 is 2.96 bits per heavy atom. The van der Waals surface area contributed by atoms with Crippen molar-refractivity contribution in [1.29, 1.82) is 5.26 Å². The molecule has 4 rings (SSSR count). The number of nitriles is 1. The Bertz CT molecular complexity index is 896. The Kier molecular flexibility index (Phi) is 4.80. The first-order valence-corrected chi connectivity index (χ1v) is 9.61. The minimum absolute atomic E-state index is 0.0378. The first kappa shape index (κ1) is 17.5. The number of rotatable bonds is 3. The van der Waals surface area contributed by atoms with Crippen LogP contribution < -0.4 is 10.2 Å². The topological polar surface area (TPSA) is 86.8 Å². The van der Waals surface area contributed by atoms with Gasteiger partial charge < -0.3 is 10.2 Å². The predicted molar refractivity (Wildman–Crippen MR) is 102 cm³/mol. The summed E-state index contributed by atoms with van der Waals surface area (Å²) in [5, 5.41) is 16.8. The molecular weight excluding hydrogens is 340 g/mol. The highest BCUT2D eigenvalue weighted by atomic mass is 16.1. The van der Waals surface area contributed by atoms with E-state index in [1.165, 1.54) is 12.0 Å². The summed E-state index contributed by atoms with van der Waals surface area (Å²) < 4.78 is 1.62. The van der Waals surface area contributed by atoms with Crippen molar-refractivity contribution in [3.05, 3.63) is 40.8 Å². The number of carbonyl (C=O) groups is 1. The van der Waals surface area contributed by atoms with Gasteiger partial charge in [0.1, 0.15) is 11.9 Å². The molecule has 1 atom stereocenters. The normalized spacial score (nSPS) is 19.3. The maximum absolute atomic E-state index is 12.4. The van der Waals surface area contributed by atoms with Gasteiger partial charge in [0.15, 0.2) is 0 Å². The molecule has 1 N–H and O–H groups in total. The Balaban J connectivity index is 1.51. The molecule has 3 heterocycles. The number of hydrogen-bond acceptors (Lipinski definition) is 5. The quantitative estimate of drug-likeness (QED) is 0.900. The predicted octanol–water partition coefficient (Wildman–Crippen LogP) is 1.96. The highest BCUT2D eigenvalue weighted by Crippen LogP contribution is 2.28. The van der Waals surface area contributed by atoms with Crippen LogP contribution in [-0.4, -0.2) is 39.8 Å². The molecule has 1 unspecified atom stereocenters. The fourth-order valence-corrected chi connectivity index (χ4v) is 4.04. The van der Waals surface area contributed by atoms with E-state index in [4.69, 9.17) is 4.98 Å². The van der Waals surface area contributed by atoms with Crippen molar-refractivity contribution in [3.8, 4) is 6.07 Å². The third-order valence-corrected chi connectivity index (χ3v) is 5.42. The van der Waals surface area contributed by atoms with E-state index >= 15 is 0 Å². The highest BCUT2D eigenvalue weighted by molar-refractivity contribution is 5.93. The first-order chi connectivity index (χ1) is 13.1. The molecule has 0 radical (unpaired) electrons. The van der Waals surface area contributed by atoms with Gasteiger partial charge in [-0.15, -0.1) is 0 Å². The van der Waals surface area contributed by atoms with Gasteiger partial charge in [-0.05, 0) is 50.2 Å². The van der Waals surface area contributed by atoms with Gasteiger partial charge in [0, 0.05) is 38.1 Å². The zero-order valence-corrected chi connectivity index (χ0v) is 15.6. The average Bonchev–Trinajstić information content (AvgIpc) is 3.13. The molecule has 27 heavy (non-hydrogen) atoms. The van der Waals surface area contributed by atoms with Crippen LogP contribution in [0, 0.1) is 11.3 Å². The molecule has 2 aromatic heterocycles. The molecule has 7 heteroatoms. The van der Waals surface area contributed by atoms with E-state index in [1.54, 1.807) is 24.1 Å². The third kappa shape index (κ3) is 3.65. The second-order valence-corrected chi connectivity index (χ2v) is 7.45. The summed E-state index contributed by atoms with van der Waals surface area (Å²) in [5.41, 5.74) is 3.57. The van der Waals surface area contributed by atoms with Crippen molar-refractivity contribution in [2.45, 2.75) is 44.6 Å². The Labute approximate surface area is 159 Å². The lowest BCUT2D eigenvalue weighted by molar-refractivity contribution is 0.0933. The molecule has 1 aliphatic carbocycles. The number of amides is 1. The number of nitrogens with zero attached hydrogens (tertiary/aromatic N) is 5. The molecule has 1 aliphatic heterocycles. The SMILES string of the molecule is Cn1cc(C(=O)NC2CCCN(c3nc4c(cc3C#N)CCCC4)C2)cn1. The van der Waals surface area contributed by atoms with Crippen molar-refractivity contribution < 1.29 is 4.79 Å². The maximum Gasteiger partial charge on any atom is 0.254 e. The van der Waals surface area contributed by atoms with E-state index < -0.39 is 0 Å². The molecular formula is C20H24N6O. The Morgan fingerprint density at radius 1 is 1.33 bits per heavy atom. The van der Waals surface area contributed by atoms with Gasteiger partial charge >= 0.3 is 0 Å². The number of hydrogen-bond donors (Lipinski definition) is 1. The standard InChI is InChI=1S/C20H24N6O/c1-25-12-16(11-22-25)20(27)23-17-6-4-8-26(13-17)19-15(10-21)9-14-5-2-3-7-18(14)24-19/h9,11-12,17H,2-8,13H2,1H3,(H,23,27). The van der Waals surface area contributed by atoms with Gasteiger partial charge in [-0.25, -0.2) is 4.98 Å². The summed E-state index contributed by atoms with van der Waals surface area (Å²) in [4.78, 5) is 19.5. The molecule has 0 bridgehead atoms. The van der Waals surface area contributed by atoms with E-state index in [0.29, 0.717) is 17.7 Å². The summed E-state index contributed by atoms with van der Waals surface area (Å²) >= 11 is 0. The summed E-state index contributed by atoms with van der Waals surface area (Å²) in [6, 6.07) is 4.38. The molecule has 0 spiro atoms. The molecule has 1 saturated heterocycles. The zero-order chi connectivity index (χ0) is 18.8. The molecule has 1 amide bonds. The lowest BCUT2D eigenvalue weighted by atomic mass is 9.94. The van der Waals surface area contributed by atoms with E-state index in [0.717, 1.165) is 50.2 Å². The molecule has 2 aromatic rings. The van der Waals surface area contributed by atoms with Gasteiger partial charge in [0.05, 0.1) is 17.3 Å². The van der Waals surface area contributed by atoms with Crippen LogP contribution in [-0.2, 0) is 19.9 Å². The number of aryl methyl sites for hydroxylation is 3. The monoisotopic (exact) mass is 364 g/mol. The Morgan fingerprint density at radius 2 is 2.19 bits per heavy atom. The first-order valence-electron chi connectivity index (χ1n) is 9.61. The molecule has 0 aromatic carbocycles. The maximum atomic E-state index is 12.4. The highest BCUT2D eigenvalue weighted by Gasteiger charge is 2.26. The van der Waals surface area contributed by atoms with E-state index in [2.05, 4.69) is 21.4 Å². The van der Waals surface area contributed by atoms with E-state index in [9.17, 15) is 10.1 Å². The van der Waals surface area contributed by atoms with Crippen LogP contribution in [0.3, 0.4) is 0 Å². The third-order valence-electron chi connectivity index (χ3n) is 5.42. The van der Waals surface area contributed by atoms with Gasteiger partial charge in [0.2, 0.25) is 0 Å². The van der Waals surface area contributed by atoms with Crippen LogP contribution in [0.25, 0.3) is 0 Å². The fraction of sp³-hybridized carbons (Fsp3) is 0.500. The summed E-state index contributed by atoms with van der Waals surface area (Å²) in [6.07, 6.45) is 9.52. The van der Waals surface area contributed by atoms with Crippen LogP contribution in [0.4, 0.5) is 5.82 Å². The largest absolute Gasteiger partial charge is 0.353 e. The smallest absolute Gasteiger partial charge is 0.254 e. The van der Waals surface area contributed by atoms with Gasteiger partial charge in [-0.1, -0.05) is 0 Å². The van der Waals surface area contributed by atoms with E-state index in [1.807, 2.05) is 6.07 Å². The van der Waals surface area contributed by atoms with Crippen molar-refractivity contribution in [2.24, 2.45) is 7.05 Å². The fourth-order valence-electron chi connectivity index (χ4n) is 4.04. The average molecular weight is 364 g/mol. The minimum atomic E-state index is -0.103. The van der Waals surface area contributed by atoms with Crippen LogP contribution in [0.2, 0.25) is 0 Å². The number of aromatic nitrogens is 3. The summed E-state index contributed by atoms with van der Waals surface area (Å²) in [6.45, 7) is 1.53.